The third-order valence-electron chi connectivity index (χ3n) is 4.97. The fourth-order valence-corrected chi connectivity index (χ4v) is 3.04. The van der Waals surface area contributed by atoms with Gasteiger partial charge in [-0.25, -0.2) is 0 Å². The van der Waals surface area contributed by atoms with Crippen molar-refractivity contribution in [3.05, 3.63) is 41.5 Å². The SMILES string of the molecule is C=C(NCCCC(C)C(=O)CCCC)c1ccc(CCCC)c(C)c1. The zero-order valence-electron chi connectivity index (χ0n) is 16.8. The average Bonchev–Trinajstić information content (AvgIpc) is 2.61. The molecular formula is C23H37NO. The second-order valence-electron chi connectivity index (χ2n) is 7.26. The summed E-state index contributed by atoms with van der Waals surface area (Å²) in [5, 5.41) is 3.42. The molecule has 1 unspecified atom stereocenters. The van der Waals surface area contributed by atoms with E-state index in [1.54, 1.807) is 0 Å². The van der Waals surface area contributed by atoms with Crippen molar-refractivity contribution >= 4 is 11.5 Å². The molecule has 0 amide bonds. The molecule has 25 heavy (non-hydrogen) atoms. The van der Waals surface area contributed by atoms with Crippen LogP contribution in [0.15, 0.2) is 24.8 Å². The van der Waals surface area contributed by atoms with Crippen LogP contribution >= 0.6 is 0 Å². The van der Waals surface area contributed by atoms with Crippen LogP contribution in [0.3, 0.4) is 0 Å². The maximum Gasteiger partial charge on any atom is 0.135 e. The van der Waals surface area contributed by atoms with Crippen LogP contribution < -0.4 is 5.32 Å². The van der Waals surface area contributed by atoms with Crippen molar-refractivity contribution in [2.24, 2.45) is 5.92 Å². The van der Waals surface area contributed by atoms with Crippen LogP contribution in [0, 0.1) is 12.8 Å². The van der Waals surface area contributed by atoms with Gasteiger partial charge in [-0.05, 0) is 61.8 Å². The van der Waals surface area contributed by atoms with Gasteiger partial charge in [-0.15, -0.1) is 0 Å². The Morgan fingerprint density at radius 2 is 1.88 bits per heavy atom. The van der Waals surface area contributed by atoms with Gasteiger partial charge in [0.2, 0.25) is 0 Å². The lowest BCUT2D eigenvalue weighted by atomic mass is 9.96. The van der Waals surface area contributed by atoms with E-state index in [1.807, 2.05) is 0 Å². The monoisotopic (exact) mass is 343 g/mol. The minimum atomic E-state index is 0.182. The van der Waals surface area contributed by atoms with E-state index in [1.165, 1.54) is 29.5 Å². The van der Waals surface area contributed by atoms with Crippen molar-refractivity contribution in [2.75, 3.05) is 6.54 Å². The molecule has 2 heteroatoms. The number of ketones is 1. The van der Waals surface area contributed by atoms with Crippen molar-refractivity contribution in [1.82, 2.24) is 5.32 Å². The van der Waals surface area contributed by atoms with E-state index >= 15 is 0 Å². The molecule has 1 N–H and O–H groups in total. The maximum absolute atomic E-state index is 12.0. The smallest absolute Gasteiger partial charge is 0.135 e. The van der Waals surface area contributed by atoms with Crippen molar-refractivity contribution in [3.8, 4) is 0 Å². The van der Waals surface area contributed by atoms with Crippen LogP contribution in [0.25, 0.3) is 5.70 Å². The molecule has 0 aliphatic heterocycles. The molecule has 2 nitrogen and oxygen atoms in total. The lowest BCUT2D eigenvalue weighted by molar-refractivity contribution is -0.122. The molecule has 1 atom stereocenters. The fraction of sp³-hybridized carbons (Fsp3) is 0.609. The van der Waals surface area contributed by atoms with Gasteiger partial charge < -0.3 is 5.32 Å². The topological polar surface area (TPSA) is 29.1 Å². The van der Waals surface area contributed by atoms with E-state index in [9.17, 15) is 4.79 Å². The van der Waals surface area contributed by atoms with Crippen molar-refractivity contribution in [2.45, 2.75) is 79.1 Å². The quantitative estimate of drug-likeness (QED) is 0.440. The molecule has 140 valence electrons. The largest absolute Gasteiger partial charge is 0.385 e. The Morgan fingerprint density at radius 1 is 1.16 bits per heavy atom. The van der Waals surface area contributed by atoms with Crippen LogP contribution in [-0.2, 0) is 11.2 Å². The lowest BCUT2D eigenvalue weighted by Gasteiger charge is -2.14. The summed E-state index contributed by atoms with van der Waals surface area (Å²) in [6.07, 6.45) is 8.45. The zero-order valence-corrected chi connectivity index (χ0v) is 16.8. The first-order valence-electron chi connectivity index (χ1n) is 10.0. The number of nitrogens with one attached hydrogen (secondary N) is 1. The predicted molar refractivity (Wildman–Crippen MR) is 110 cm³/mol. The standard InChI is InChI=1S/C23H37NO/c1-6-8-12-21-14-15-22(17-19(21)4)20(5)24-16-10-11-18(3)23(25)13-9-7-2/h14-15,17-18,24H,5-13,16H2,1-4H3. The molecule has 1 aromatic carbocycles. The number of rotatable bonds is 13. The molecule has 1 rings (SSSR count). The third-order valence-corrected chi connectivity index (χ3v) is 4.97. The molecule has 0 aliphatic rings. The molecule has 0 fully saturated rings. The van der Waals surface area contributed by atoms with Gasteiger partial charge in [0.05, 0.1) is 0 Å². The summed E-state index contributed by atoms with van der Waals surface area (Å²) < 4.78 is 0. The van der Waals surface area contributed by atoms with Gasteiger partial charge in [0.15, 0.2) is 0 Å². The van der Waals surface area contributed by atoms with Crippen molar-refractivity contribution in [3.63, 3.8) is 0 Å². The normalized spacial score (nSPS) is 12.0. The van der Waals surface area contributed by atoms with Gasteiger partial charge in [-0.1, -0.05) is 52.3 Å². The molecule has 0 spiro atoms. The fourth-order valence-electron chi connectivity index (χ4n) is 3.04. The summed E-state index contributed by atoms with van der Waals surface area (Å²) in [6.45, 7) is 13.7. The number of aryl methyl sites for hydroxylation is 2. The number of benzene rings is 1. The second kappa shape index (κ2) is 11.9. The van der Waals surface area contributed by atoms with Gasteiger partial charge in [-0.3, -0.25) is 4.79 Å². The van der Waals surface area contributed by atoms with E-state index < -0.39 is 0 Å². The molecule has 0 bridgehead atoms. The lowest BCUT2D eigenvalue weighted by Crippen LogP contribution is -2.16. The van der Waals surface area contributed by atoms with Crippen LogP contribution in [0.5, 0.6) is 0 Å². The Hall–Kier alpha value is -1.57. The minimum Gasteiger partial charge on any atom is -0.385 e. The van der Waals surface area contributed by atoms with Crippen LogP contribution in [0.1, 0.15) is 82.4 Å². The Balaban J connectivity index is 2.37. The van der Waals surface area contributed by atoms with E-state index in [4.69, 9.17) is 0 Å². The van der Waals surface area contributed by atoms with Gasteiger partial charge in [0, 0.05) is 24.6 Å². The Morgan fingerprint density at radius 3 is 2.52 bits per heavy atom. The van der Waals surface area contributed by atoms with Gasteiger partial charge in [-0.2, -0.15) is 0 Å². The summed E-state index contributed by atoms with van der Waals surface area (Å²) in [6, 6.07) is 6.64. The minimum absolute atomic E-state index is 0.182. The maximum atomic E-state index is 12.0. The highest BCUT2D eigenvalue weighted by molar-refractivity contribution is 5.80. The number of hydrogen-bond acceptors (Lipinski definition) is 2. The van der Waals surface area contributed by atoms with Gasteiger partial charge in [0.1, 0.15) is 5.78 Å². The molecule has 0 saturated carbocycles. The first-order valence-corrected chi connectivity index (χ1v) is 10.0. The number of unbranched alkanes of at least 4 members (excludes halogenated alkanes) is 2. The van der Waals surface area contributed by atoms with Gasteiger partial charge in [0.25, 0.3) is 0 Å². The zero-order chi connectivity index (χ0) is 18.7. The van der Waals surface area contributed by atoms with Crippen molar-refractivity contribution < 1.29 is 4.79 Å². The summed E-state index contributed by atoms with van der Waals surface area (Å²) in [4.78, 5) is 12.0. The average molecular weight is 344 g/mol. The summed E-state index contributed by atoms with van der Waals surface area (Å²) in [5.41, 5.74) is 4.95. The third kappa shape index (κ3) is 7.90. The molecule has 1 aromatic rings. The van der Waals surface area contributed by atoms with E-state index in [0.29, 0.717) is 5.78 Å². The molecular weight excluding hydrogens is 306 g/mol. The predicted octanol–water partition coefficient (Wildman–Crippen LogP) is 6.07. The summed E-state index contributed by atoms with van der Waals surface area (Å²) in [7, 11) is 0. The molecule has 0 radical (unpaired) electrons. The number of carbonyl (C=O) groups is 1. The summed E-state index contributed by atoms with van der Waals surface area (Å²) in [5.74, 6) is 0.598. The summed E-state index contributed by atoms with van der Waals surface area (Å²) >= 11 is 0. The van der Waals surface area contributed by atoms with Crippen LogP contribution in [0.2, 0.25) is 0 Å². The molecule has 0 saturated heterocycles. The number of Topliss-reactive ketones (excluding diaryl/α,β-unsaturated/α-hetero) is 1. The first kappa shape index (κ1) is 21.5. The van der Waals surface area contributed by atoms with Crippen molar-refractivity contribution in [1.29, 1.82) is 0 Å². The first-order chi connectivity index (χ1) is 12.0. The van der Waals surface area contributed by atoms with E-state index in [2.05, 4.69) is 57.8 Å². The number of hydrogen-bond donors (Lipinski definition) is 1. The van der Waals surface area contributed by atoms with Crippen LogP contribution in [-0.4, -0.2) is 12.3 Å². The highest BCUT2D eigenvalue weighted by Crippen LogP contribution is 2.18. The van der Waals surface area contributed by atoms with E-state index in [-0.39, 0.29) is 5.92 Å². The second-order valence-corrected chi connectivity index (χ2v) is 7.26. The Bertz CT molecular complexity index is 547. The highest BCUT2D eigenvalue weighted by Gasteiger charge is 2.11. The van der Waals surface area contributed by atoms with Crippen LogP contribution in [0.4, 0.5) is 0 Å². The highest BCUT2D eigenvalue weighted by atomic mass is 16.1. The molecule has 0 heterocycles. The Kier molecular flexibility index (Phi) is 10.2. The Labute approximate surface area is 155 Å². The molecule has 0 aliphatic carbocycles. The van der Waals surface area contributed by atoms with E-state index in [0.717, 1.165) is 50.8 Å². The van der Waals surface area contributed by atoms with Gasteiger partial charge >= 0.3 is 0 Å². The molecule has 0 aromatic heterocycles. The number of carbonyl (C=O) groups excluding carboxylic acids is 1.